The second-order valence-electron chi connectivity index (χ2n) is 7.97. The first-order chi connectivity index (χ1) is 17.4. The first kappa shape index (κ1) is 23.5. The lowest BCUT2D eigenvalue weighted by molar-refractivity contribution is 0.0951. The Morgan fingerprint density at radius 2 is 1.81 bits per heavy atom. The third-order valence-electron chi connectivity index (χ3n) is 5.49. The molecule has 5 aromatic rings. The number of carbonyl (C=O) groups is 1. The molecule has 3 aromatic carbocycles. The number of halogens is 1. The van der Waals surface area contributed by atoms with Crippen molar-refractivity contribution in [2.45, 2.75) is 11.4 Å². The molecule has 0 atom stereocenters. The number of fused-ring (bicyclic) bond motifs is 1. The van der Waals surface area contributed by atoms with Gasteiger partial charge in [-0.2, -0.15) is 0 Å². The average molecular weight is 518 g/mol. The predicted octanol–water partition coefficient (Wildman–Crippen LogP) is 4.80. The molecule has 2 aromatic heterocycles. The summed E-state index contributed by atoms with van der Waals surface area (Å²) in [7, 11) is -3.78. The molecule has 0 unspecified atom stereocenters. The lowest BCUT2D eigenvalue weighted by atomic mass is 10.1. The van der Waals surface area contributed by atoms with E-state index in [0.717, 1.165) is 11.1 Å². The van der Waals surface area contributed by atoms with Gasteiger partial charge in [0.2, 0.25) is 0 Å². The zero-order valence-electron chi connectivity index (χ0n) is 18.8. The Labute approximate surface area is 212 Å². The third kappa shape index (κ3) is 5.07. The molecule has 0 saturated carbocycles. The van der Waals surface area contributed by atoms with Gasteiger partial charge in [-0.25, -0.2) is 13.4 Å². The summed E-state index contributed by atoms with van der Waals surface area (Å²) in [5.74, 6) is -0.214. The topological polar surface area (TPSA) is 106 Å². The van der Waals surface area contributed by atoms with Crippen LogP contribution in [0.25, 0.3) is 16.7 Å². The number of hydrogen-bond acceptors (Lipinski definition) is 5. The minimum Gasteiger partial charge on any atom is -0.348 e. The highest BCUT2D eigenvalue weighted by atomic mass is 35.5. The monoisotopic (exact) mass is 517 g/mol. The van der Waals surface area contributed by atoms with E-state index in [-0.39, 0.29) is 10.8 Å². The van der Waals surface area contributed by atoms with Crippen LogP contribution in [0.2, 0.25) is 5.02 Å². The van der Waals surface area contributed by atoms with E-state index in [0.29, 0.717) is 34.0 Å². The fourth-order valence-corrected chi connectivity index (χ4v) is 4.87. The second kappa shape index (κ2) is 9.80. The Morgan fingerprint density at radius 3 is 2.58 bits per heavy atom. The number of aromatic nitrogens is 3. The van der Waals surface area contributed by atoms with Crippen LogP contribution in [0.4, 0.5) is 5.69 Å². The van der Waals surface area contributed by atoms with Crippen LogP contribution in [0.1, 0.15) is 15.9 Å². The van der Waals surface area contributed by atoms with E-state index < -0.39 is 10.0 Å². The number of nitrogens with zero attached hydrogens (tertiary/aromatic N) is 3. The first-order valence-electron chi connectivity index (χ1n) is 10.9. The van der Waals surface area contributed by atoms with E-state index >= 15 is 0 Å². The van der Waals surface area contributed by atoms with Crippen LogP contribution in [0, 0.1) is 0 Å². The van der Waals surface area contributed by atoms with Crippen molar-refractivity contribution < 1.29 is 13.2 Å². The molecule has 180 valence electrons. The molecule has 1 amide bonds. The zero-order valence-corrected chi connectivity index (χ0v) is 20.4. The van der Waals surface area contributed by atoms with Gasteiger partial charge in [-0.1, -0.05) is 23.7 Å². The summed E-state index contributed by atoms with van der Waals surface area (Å²) >= 11 is 5.87. The van der Waals surface area contributed by atoms with Crippen LogP contribution < -0.4 is 10.0 Å². The van der Waals surface area contributed by atoms with Crippen LogP contribution in [0.5, 0.6) is 0 Å². The molecule has 0 radical (unpaired) electrons. The molecule has 8 nitrogen and oxygen atoms in total. The van der Waals surface area contributed by atoms with E-state index in [4.69, 9.17) is 11.6 Å². The molecule has 0 bridgehead atoms. The van der Waals surface area contributed by atoms with Gasteiger partial charge in [-0.05, 0) is 72.3 Å². The number of anilines is 1. The number of rotatable bonds is 7. The highest BCUT2D eigenvalue weighted by Crippen LogP contribution is 2.24. The number of amides is 1. The van der Waals surface area contributed by atoms with E-state index in [1.54, 1.807) is 49.1 Å². The van der Waals surface area contributed by atoms with Gasteiger partial charge < -0.3 is 5.32 Å². The van der Waals surface area contributed by atoms with Gasteiger partial charge in [0.05, 0.1) is 21.6 Å². The summed E-state index contributed by atoms with van der Waals surface area (Å²) in [6.45, 7) is 0.373. The summed E-state index contributed by atoms with van der Waals surface area (Å²) in [5, 5.41) is 3.33. The number of hydrogen-bond donors (Lipinski definition) is 2. The van der Waals surface area contributed by atoms with Crippen molar-refractivity contribution >= 4 is 44.3 Å². The molecule has 0 spiro atoms. The minimum absolute atomic E-state index is 0.111. The molecule has 0 aliphatic rings. The van der Waals surface area contributed by atoms with E-state index in [1.807, 2.05) is 28.8 Å². The van der Waals surface area contributed by atoms with Gasteiger partial charge in [0.25, 0.3) is 15.9 Å². The summed E-state index contributed by atoms with van der Waals surface area (Å²) < 4.78 is 29.9. The largest absolute Gasteiger partial charge is 0.348 e. The molecule has 5 rings (SSSR count). The lowest BCUT2D eigenvalue weighted by Crippen LogP contribution is -2.22. The molecular weight excluding hydrogens is 498 g/mol. The summed E-state index contributed by atoms with van der Waals surface area (Å²) in [6.07, 6.45) is 5.02. The van der Waals surface area contributed by atoms with Crippen LogP contribution in [0.3, 0.4) is 0 Å². The Morgan fingerprint density at radius 1 is 0.972 bits per heavy atom. The van der Waals surface area contributed by atoms with Crippen LogP contribution in [0.15, 0.2) is 102 Å². The van der Waals surface area contributed by atoms with E-state index in [9.17, 15) is 13.2 Å². The number of nitrogens with one attached hydrogen (secondary N) is 2. The van der Waals surface area contributed by atoms with Crippen molar-refractivity contribution in [3.05, 3.63) is 114 Å². The molecule has 0 saturated heterocycles. The standard InChI is InChI=1S/C26H20ClN5O3S/c27-20-7-9-23(10-8-20)36(34,35)31-21-4-1-5-22(14-21)32-17-30-24-13-19(6-11-25(24)32)26(33)29-16-18-3-2-12-28-15-18/h1-15,17,31H,16H2,(H,29,33). The SMILES string of the molecule is O=C(NCc1cccnc1)c1ccc2c(c1)ncn2-c1cccc(NS(=O)(=O)c2ccc(Cl)cc2)c1. The predicted molar refractivity (Wildman–Crippen MR) is 139 cm³/mol. The Kier molecular flexibility index (Phi) is 6.41. The smallest absolute Gasteiger partial charge is 0.261 e. The third-order valence-corrected chi connectivity index (χ3v) is 7.13. The molecule has 2 N–H and O–H groups in total. The molecule has 36 heavy (non-hydrogen) atoms. The van der Waals surface area contributed by atoms with Crippen molar-refractivity contribution in [1.82, 2.24) is 19.9 Å². The second-order valence-corrected chi connectivity index (χ2v) is 10.1. The van der Waals surface area contributed by atoms with Crippen LogP contribution >= 0.6 is 11.6 Å². The van der Waals surface area contributed by atoms with E-state index in [1.165, 1.54) is 24.3 Å². The Hall–Kier alpha value is -4.21. The summed E-state index contributed by atoms with van der Waals surface area (Å²) in [4.78, 5) is 21.2. The summed E-state index contributed by atoms with van der Waals surface area (Å²) in [6, 6.07) is 21.9. The van der Waals surface area contributed by atoms with Crippen molar-refractivity contribution in [2.75, 3.05) is 4.72 Å². The highest BCUT2D eigenvalue weighted by Gasteiger charge is 2.15. The maximum absolute atomic E-state index is 12.8. The fourth-order valence-electron chi connectivity index (χ4n) is 3.69. The molecule has 0 fully saturated rings. The van der Waals surface area contributed by atoms with Gasteiger partial charge in [0, 0.05) is 35.2 Å². The Balaban J connectivity index is 1.36. The molecule has 0 aliphatic heterocycles. The molecule has 0 aliphatic carbocycles. The van der Waals surface area contributed by atoms with Gasteiger partial charge in [0.1, 0.15) is 6.33 Å². The maximum atomic E-state index is 12.8. The van der Waals surface area contributed by atoms with Crippen molar-refractivity contribution in [3.8, 4) is 5.69 Å². The van der Waals surface area contributed by atoms with Gasteiger partial charge in [-0.15, -0.1) is 0 Å². The lowest BCUT2D eigenvalue weighted by Gasteiger charge is -2.11. The van der Waals surface area contributed by atoms with Gasteiger partial charge in [0.15, 0.2) is 0 Å². The van der Waals surface area contributed by atoms with Crippen molar-refractivity contribution in [2.24, 2.45) is 0 Å². The number of imidazole rings is 1. The zero-order chi connectivity index (χ0) is 25.1. The fraction of sp³-hybridized carbons (Fsp3) is 0.0385. The molecule has 2 heterocycles. The van der Waals surface area contributed by atoms with Crippen LogP contribution in [-0.4, -0.2) is 28.9 Å². The average Bonchev–Trinajstić information content (AvgIpc) is 3.31. The number of pyridine rings is 1. The molecule has 10 heteroatoms. The minimum atomic E-state index is -3.78. The number of carbonyl (C=O) groups excluding carboxylic acids is 1. The van der Waals surface area contributed by atoms with Crippen molar-refractivity contribution in [1.29, 1.82) is 0 Å². The quantitative estimate of drug-likeness (QED) is 0.322. The van der Waals surface area contributed by atoms with E-state index in [2.05, 4.69) is 20.0 Å². The first-order valence-corrected chi connectivity index (χ1v) is 12.8. The number of sulfonamides is 1. The van der Waals surface area contributed by atoms with Gasteiger partial charge >= 0.3 is 0 Å². The highest BCUT2D eigenvalue weighted by molar-refractivity contribution is 7.92. The maximum Gasteiger partial charge on any atom is 0.261 e. The summed E-state index contributed by atoms with van der Waals surface area (Å²) in [5.41, 5.74) is 3.91. The molecular formula is C26H20ClN5O3S. The van der Waals surface area contributed by atoms with Crippen molar-refractivity contribution in [3.63, 3.8) is 0 Å². The Bertz CT molecular complexity index is 1650. The number of benzene rings is 3. The van der Waals surface area contributed by atoms with Crippen LogP contribution in [-0.2, 0) is 16.6 Å². The normalized spacial score (nSPS) is 11.4. The van der Waals surface area contributed by atoms with Gasteiger partial charge in [-0.3, -0.25) is 19.1 Å².